The van der Waals surface area contributed by atoms with Crippen LogP contribution in [0.1, 0.15) is 111 Å². The average molecular weight is 921 g/mol. The zero-order valence-electron chi connectivity index (χ0n) is 38.1. The van der Waals surface area contributed by atoms with Gasteiger partial charge in [-0.15, -0.1) is 0 Å². The number of likely N-dealkylation sites (N-methyl/N-ethyl adjacent to an activating group) is 1. The van der Waals surface area contributed by atoms with Gasteiger partial charge in [-0.3, -0.25) is 24.0 Å². The molecule has 0 spiro atoms. The molecule has 4 bridgehead atoms. The summed E-state index contributed by atoms with van der Waals surface area (Å²) in [6.45, 7) is 4.22. The van der Waals surface area contributed by atoms with Crippen LogP contribution >= 0.6 is 0 Å². The highest BCUT2D eigenvalue weighted by atomic mass is 19.4. The molecule has 0 aromatic heterocycles. The lowest BCUT2D eigenvalue weighted by atomic mass is 9.88. The summed E-state index contributed by atoms with van der Waals surface area (Å²) in [5, 5.41) is 12.0. The summed E-state index contributed by atoms with van der Waals surface area (Å²) in [5.74, 6) is -4.90. The first-order valence-corrected chi connectivity index (χ1v) is 22.6. The maximum atomic E-state index is 14.7. The van der Waals surface area contributed by atoms with Crippen molar-refractivity contribution in [3.63, 3.8) is 0 Å². The maximum absolute atomic E-state index is 14.7. The van der Waals surface area contributed by atoms with Crippen LogP contribution in [0.15, 0.2) is 54.6 Å². The Morgan fingerprint density at radius 1 is 0.864 bits per heavy atom. The molecular weight excluding hydrogens is 858 g/mol. The van der Waals surface area contributed by atoms with Crippen LogP contribution in [0.5, 0.6) is 17.2 Å². The largest absolute Gasteiger partial charge is 0.494 e. The maximum Gasteiger partial charge on any atom is 0.417 e. The molecule has 4 atom stereocenters. The molecule has 0 unspecified atom stereocenters. The van der Waals surface area contributed by atoms with Crippen LogP contribution in [0.2, 0.25) is 0 Å². The number of halogens is 3. The summed E-state index contributed by atoms with van der Waals surface area (Å²) in [6, 6.07) is 12.6. The standard InChI is InChI=1S/C49H63F3N6O8/c1-4-5-6-7-8-22-64-35-13-14-36(39(30-35)49(50,51)52)42(60)29-34(17-19-54)48(63)58(3)46-33-12-16-45(66-24-21-56)38(28-33)37-26-32(11-15-44(37)65-23-20-55)27-40(41(59)10-9-18-53)57-47(62)31(2)25-43(46)61/h11-16,26,28,30-31,34,40,46H,4-10,17,19-25,27,29,54-56H2,1-3H3,(H,57,62)/t31-,34-,40+,46+/m1/s1. The number of rotatable bonds is 23. The molecule has 1 aliphatic heterocycles. The third kappa shape index (κ3) is 14.6. The van der Waals surface area contributed by atoms with E-state index in [9.17, 15) is 42.4 Å². The van der Waals surface area contributed by atoms with Crippen molar-refractivity contribution in [1.29, 1.82) is 5.26 Å². The van der Waals surface area contributed by atoms with E-state index in [1.165, 1.54) is 20.0 Å². The molecule has 3 aromatic rings. The first-order valence-electron chi connectivity index (χ1n) is 22.6. The van der Waals surface area contributed by atoms with E-state index in [0.29, 0.717) is 34.6 Å². The first kappa shape index (κ1) is 52.8. The van der Waals surface area contributed by atoms with Crippen LogP contribution in [0.3, 0.4) is 0 Å². The van der Waals surface area contributed by atoms with E-state index in [1.807, 2.05) is 6.07 Å². The molecule has 0 fully saturated rings. The topological polar surface area (TPSA) is 230 Å². The summed E-state index contributed by atoms with van der Waals surface area (Å²) in [7, 11) is 1.35. The van der Waals surface area contributed by atoms with E-state index < -0.39 is 83.2 Å². The molecule has 358 valence electrons. The Labute approximate surface area is 384 Å². The number of carbonyl (C=O) groups excluding carboxylic acids is 5. The number of alkyl halides is 3. The third-order valence-electron chi connectivity index (χ3n) is 11.4. The van der Waals surface area contributed by atoms with Gasteiger partial charge >= 0.3 is 6.18 Å². The molecule has 1 heterocycles. The van der Waals surface area contributed by atoms with Gasteiger partial charge in [-0.05, 0) is 79.4 Å². The van der Waals surface area contributed by atoms with Crippen LogP contribution in [0.25, 0.3) is 11.1 Å². The zero-order valence-corrected chi connectivity index (χ0v) is 38.1. The molecule has 17 heteroatoms. The van der Waals surface area contributed by atoms with Crippen LogP contribution < -0.4 is 36.7 Å². The Kier molecular flexibility index (Phi) is 20.6. The summed E-state index contributed by atoms with van der Waals surface area (Å²) < 4.78 is 61.3. The fourth-order valence-corrected chi connectivity index (χ4v) is 7.96. The molecule has 0 saturated heterocycles. The first-order chi connectivity index (χ1) is 31.6. The molecular formula is C49H63F3N6O8. The van der Waals surface area contributed by atoms with Gasteiger partial charge in [-0.1, -0.05) is 51.7 Å². The van der Waals surface area contributed by atoms with Crippen LogP contribution in [-0.2, 0) is 31.8 Å². The Morgan fingerprint density at radius 3 is 2.17 bits per heavy atom. The van der Waals surface area contributed by atoms with Crippen LogP contribution in [0, 0.1) is 23.2 Å². The number of fused-ring (bicyclic) bond motifs is 5. The Balaban J connectivity index is 1.80. The van der Waals surface area contributed by atoms with Gasteiger partial charge in [0.25, 0.3) is 0 Å². The summed E-state index contributed by atoms with van der Waals surface area (Å²) in [6.07, 6.45) is -1.67. The molecule has 4 rings (SSSR count). The number of Topliss-reactive ketones (excluding diaryl/α,β-unsaturated/α-hetero) is 3. The number of unbranched alkanes of at least 4 members (excludes halogenated alkanes) is 4. The summed E-state index contributed by atoms with van der Waals surface area (Å²) >= 11 is 0. The number of nitrogens with two attached hydrogens (primary N) is 3. The van der Waals surface area contributed by atoms with E-state index in [2.05, 4.69) is 12.2 Å². The lowest BCUT2D eigenvalue weighted by Crippen LogP contribution is -2.46. The van der Waals surface area contributed by atoms with Crippen LogP contribution in [0.4, 0.5) is 13.2 Å². The van der Waals surface area contributed by atoms with Gasteiger partial charge in [-0.25, -0.2) is 0 Å². The second-order valence-corrected chi connectivity index (χ2v) is 16.5. The molecule has 2 amide bonds. The average Bonchev–Trinajstić information content (AvgIpc) is 3.29. The predicted octanol–water partition coefficient (Wildman–Crippen LogP) is 6.64. The number of amides is 2. The van der Waals surface area contributed by atoms with Gasteiger partial charge in [0.1, 0.15) is 36.5 Å². The second-order valence-electron chi connectivity index (χ2n) is 16.5. The highest BCUT2D eigenvalue weighted by molar-refractivity contribution is 6.01. The Bertz CT molecular complexity index is 2190. The number of nitrogens with one attached hydrogen (secondary N) is 1. The van der Waals surface area contributed by atoms with E-state index in [0.717, 1.165) is 42.7 Å². The van der Waals surface area contributed by atoms with Crippen molar-refractivity contribution in [1.82, 2.24) is 10.2 Å². The van der Waals surface area contributed by atoms with Crippen molar-refractivity contribution in [2.75, 3.05) is 46.5 Å². The van der Waals surface area contributed by atoms with Gasteiger partial charge in [0.05, 0.1) is 24.3 Å². The van der Waals surface area contributed by atoms with Crippen molar-refractivity contribution in [3.05, 3.63) is 76.9 Å². The number of carbonyl (C=O) groups is 5. The van der Waals surface area contributed by atoms with Crippen molar-refractivity contribution in [3.8, 4) is 34.4 Å². The normalized spacial score (nSPS) is 16.9. The predicted molar refractivity (Wildman–Crippen MR) is 243 cm³/mol. The fourth-order valence-electron chi connectivity index (χ4n) is 7.96. The SMILES string of the molecule is CCCCCCCOc1ccc(C(=O)C[C@@H](CCN)C(=O)N(C)[C@@H]2C(=O)C[C@@H](C)C(=O)N[C@H](C(=O)CCC#N)Cc3ccc(OCCN)c(c3)-c3cc2ccc3OCCN)c(C(F)(F)F)c1. The molecule has 7 N–H and O–H groups in total. The smallest absolute Gasteiger partial charge is 0.417 e. The van der Waals surface area contributed by atoms with Gasteiger partial charge < -0.3 is 41.6 Å². The molecule has 1 aliphatic rings. The molecule has 3 aromatic carbocycles. The van der Waals surface area contributed by atoms with Gasteiger partial charge in [0.15, 0.2) is 17.3 Å². The third-order valence-corrected chi connectivity index (χ3v) is 11.4. The fraction of sp³-hybridized carbons (Fsp3) is 0.510. The quantitative estimate of drug-likeness (QED) is 0.0579. The highest BCUT2D eigenvalue weighted by Gasteiger charge is 2.39. The van der Waals surface area contributed by atoms with E-state index >= 15 is 0 Å². The Hall–Kier alpha value is -5.83. The highest BCUT2D eigenvalue weighted by Crippen LogP contribution is 2.41. The number of nitrogens with zero attached hydrogens (tertiary/aromatic N) is 2. The monoisotopic (exact) mass is 920 g/mol. The van der Waals surface area contributed by atoms with E-state index in [-0.39, 0.29) is 76.5 Å². The number of hydrogen-bond donors (Lipinski definition) is 4. The number of ketones is 3. The minimum atomic E-state index is -4.92. The van der Waals surface area contributed by atoms with Gasteiger partial charge in [-0.2, -0.15) is 18.4 Å². The lowest BCUT2D eigenvalue weighted by molar-refractivity contribution is -0.142. The Morgan fingerprint density at radius 2 is 1.53 bits per heavy atom. The summed E-state index contributed by atoms with van der Waals surface area (Å²) in [5.41, 5.74) is 17.5. The van der Waals surface area contributed by atoms with Gasteiger partial charge in [0, 0.05) is 74.3 Å². The molecule has 0 aliphatic carbocycles. The van der Waals surface area contributed by atoms with Crippen molar-refractivity contribution in [2.24, 2.45) is 29.0 Å². The number of benzene rings is 3. The molecule has 14 nitrogen and oxygen atoms in total. The second kappa shape index (κ2) is 25.8. The minimum absolute atomic E-state index is 0.0383. The summed E-state index contributed by atoms with van der Waals surface area (Å²) in [4.78, 5) is 71.5. The molecule has 0 saturated carbocycles. The number of nitriles is 1. The van der Waals surface area contributed by atoms with Crippen molar-refractivity contribution >= 4 is 29.2 Å². The van der Waals surface area contributed by atoms with Gasteiger partial charge in [0.2, 0.25) is 11.8 Å². The zero-order chi connectivity index (χ0) is 48.4. The molecule has 0 radical (unpaired) electrons. The van der Waals surface area contributed by atoms with E-state index in [4.69, 9.17) is 31.4 Å². The lowest BCUT2D eigenvalue weighted by Gasteiger charge is -2.32. The van der Waals surface area contributed by atoms with Crippen molar-refractivity contribution < 1.29 is 51.4 Å². The number of ether oxygens (including phenoxy) is 3. The van der Waals surface area contributed by atoms with Crippen molar-refractivity contribution in [2.45, 2.75) is 103 Å². The number of hydrogen-bond acceptors (Lipinski definition) is 12. The van der Waals surface area contributed by atoms with E-state index in [1.54, 1.807) is 36.4 Å². The van der Waals surface area contributed by atoms with Crippen LogP contribution in [-0.4, -0.2) is 86.6 Å². The minimum Gasteiger partial charge on any atom is -0.494 e. The molecule has 66 heavy (non-hydrogen) atoms.